The first-order valence-electron chi connectivity index (χ1n) is 16.9. The molecule has 2 fully saturated rings. The molecule has 1 amide bonds. The van der Waals surface area contributed by atoms with E-state index >= 15 is 0 Å². The quantitative estimate of drug-likeness (QED) is 0.368. The number of ether oxygens (including phenoxy) is 1. The molecule has 1 aliphatic carbocycles. The fourth-order valence-electron chi connectivity index (χ4n) is 7.49. The summed E-state index contributed by atoms with van der Waals surface area (Å²) in [7, 11) is 4.14. The summed E-state index contributed by atoms with van der Waals surface area (Å²) in [5, 5.41) is 9.72. The Morgan fingerprint density at radius 1 is 1.04 bits per heavy atom. The van der Waals surface area contributed by atoms with Crippen molar-refractivity contribution in [3.63, 3.8) is 0 Å². The van der Waals surface area contributed by atoms with Gasteiger partial charge in [-0.3, -0.25) is 0 Å². The van der Waals surface area contributed by atoms with Crippen LogP contribution in [0.15, 0.2) is 48.5 Å². The Hall–Kier alpha value is -4.50. The van der Waals surface area contributed by atoms with Crippen LogP contribution in [0.3, 0.4) is 0 Å². The molecular weight excluding hydrogens is 614 g/mol. The number of benzene rings is 2. The summed E-state index contributed by atoms with van der Waals surface area (Å²) in [5.74, 6) is 1.19. The molecule has 4 heterocycles. The zero-order valence-corrected chi connectivity index (χ0v) is 27.6. The summed E-state index contributed by atoms with van der Waals surface area (Å²) < 4.78 is 35.0. The van der Waals surface area contributed by atoms with Crippen LogP contribution in [0, 0.1) is 17.1 Å². The third-order valence-electron chi connectivity index (χ3n) is 10.3. The van der Waals surface area contributed by atoms with E-state index in [1.54, 1.807) is 11.0 Å². The van der Waals surface area contributed by atoms with Gasteiger partial charge in [-0.25, -0.2) is 18.6 Å². The number of alkyl halides is 1. The molecule has 0 radical (unpaired) electrons. The van der Waals surface area contributed by atoms with Gasteiger partial charge in [-0.05, 0) is 50.2 Å². The van der Waals surface area contributed by atoms with Crippen LogP contribution < -0.4 is 14.7 Å². The number of likely N-dealkylation sites (N-methyl/N-ethyl adjacent to an activating group) is 1. The van der Waals surface area contributed by atoms with Gasteiger partial charge < -0.3 is 29.2 Å². The minimum Gasteiger partial charge on any atom is -0.445 e. The van der Waals surface area contributed by atoms with Crippen molar-refractivity contribution in [3.8, 4) is 6.07 Å². The topological polar surface area (TPSA) is 92.1 Å². The Kier molecular flexibility index (Phi) is 9.05. The lowest BCUT2D eigenvalue weighted by Crippen LogP contribution is -2.58. The first kappa shape index (κ1) is 32.1. The molecule has 0 unspecified atom stereocenters. The number of nitriles is 1. The molecule has 0 N–H and O–H groups in total. The molecule has 4 aliphatic rings. The van der Waals surface area contributed by atoms with Gasteiger partial charge in [0.25, 0.3) is 0 Å². The average Bonchev–Trinajstić information content (AvgIpc) is 3.06. The van der Waals surface area contributed by atoms with Crippen LogP contribution in [0.25, 0.3) is 0 Å². The van der Waals surface area contributed by atoms with Gasteiger partial charge in [0.1, 0.15) is 24.4 Å². The summed E-state index contributed by atoms with van der Waals surface area (Å²) in [6.45, 7) is 3.42. The largest absolute Gasteiger partial charge is 0.445 e. The number of fused-ring (bicyclic) bond motifs is 2. The van der Waals surface area contributed by atoms with E-state index in [2.05, 4.69) is 34.9 Å². The van der Waals surface area contributed by atoms with Crippen LogP contribution >= 0.6 is 0 Å². The fraction of sp³-hybridized carbons (Fsp3) is 0.500. The van der Waals surface area contributed by atoms with Gasteiger partial charge in [0, 0.05) is 75.4 Å². The first-order valence-corrected chi connectivity index (χ1v) is 16.9. The summed E-state index contributed by atoms with van der Waals surface area (Å²) in [6.07, 6.45) is 1.07. The van der Waals surface area contributed by atoms with Crippen molar-refractivity contribution in [2.75, 3.05) is 68.1 Å². The molecule has 0 saturated carbocycles. The molecule has 3 aliphatic heterocycles. The van der Waals surface area contributed by atoms with Crippen molar-refractivity contribution in [2.24, 2.45) is 0 Å². The highest BCUT2D eigenvalue weighted by Crippen LogP contribution is 2.38. The van der Waals surface area contributed by atoms with Crippen molar-refractivity contribution in [2.45, 2.75) is 63.0 Å². The molecule has 2 aromatic carbocycles. The van der Waals surface area contributed by atoms with Gasteiger partial charge >= 0.3 is 6.09 Å². The molecule has 252 valence electrons. The van der Waals surface area contributed by atoms with E-state index in [1.807, 2.05) is 35.2 Å². The van der Waals surface area contributed by atoms with E-state index in [9.17, 15) is 18.8 Å². The number of anilines is 3. The van der Waals surface area contributed by atoms with E-state index in [-0.39, 0.29) is 37.5 Å². The van der Waals surface area contributed by atoms with Crippen molar-refractivity contribution < 1.29 is 18.3 Å². The SMILES string of the molecule is CN(C)C1CN(c2nc3c(c(N4CCN(C(=O)OCc5ccccc5)[C@@H](CC#N)C4)n2)CC[C@H](N2C[C@@H](F)Cc4ccc(F)cc42)C3)C1. The summed E-state index contributed by atoms with van der Waals surface area (Å²) >= 11 is 0. The Bertz CT molecular complexity index is 1680. The molecule has 7 rings (SSSR count). The Morgan fingerprint density at radius 3 is 2.62 bits per heavy atom. The lowest BCUT2D eigenvalue weighted by atomic mass is 9.88. The third kappa shape index (κ3) is 6.48. The summed E-state index contributed by atoms with van der Waals surface area (Å²) in [4.78, 5) is 33.8. The number of carbonyl (C=O) groups excluding carboxylic acids is 1. The Balaban J connectivity index is 1.15. The van der Waals surface area contributed by atoms with Crippen molar-refractivity contribution in [1.82, 2.24) is 19.8 Å². The predicted molar refractivity (Wildman–Crippen MR) is 179 cm³/mol. The molecule has 1 aromatic heterocycles. The standard InChI is InChI=1S/C36H42F2N8O2/c1-42(2)30-21-44(22-30)35-40-32-18-28(46-19-27(38)16-25-8-9-26(37)17-33(25)46)10-11-31(32)34(41-35)43-14-15-45(29(20-43)12-13-39)36(47)48-23-24-6-4-3-5-7-24/h3-9,17,27-30H,10-12,14-16,18-23H2,1-2H3/t27-,28-,29-/m0/s1. The van der Waals surface area contributed by atoms with Crippen LogP contribution in [0.2, 0.25) is 0 Å². The maximum Gasteiger partial charge on any atom is 0.410 e. The van der Waals surface area contributed by atoms with Crippen LogP contribution in [0.1, 0.15) is 35.2 Å². The number of hydrogen-bond donors (Lipinski definition) is 0. The van der Waals surface area contributed by atoms with Gasteiger partial charge in [0.2, 0.25) is 5.95 Å². The normalized spacial score (nSPS) is 22.5. The summed E-state index contributed by atoms with van der Waals surface area (Å²) in [6, 6.07) is 16.5. The number of amides is 1. The van der Waals surface area contributed by atoms with E-state index in [0.717, 1.165) is 53.4 Å². The van der Waals surface area contributed by atoms with Gasteiger partial charge in [-0.1, -0.05) is 36.4 Å². The van der Waals surface area contributed by atoms with Crippen molar-refractivity contribution >= 4 is 23.5 Å². The lowest BCUT2D eigenvalue weighted by molar-refractivity contribution is 0.0768. The van der Waals surface area contributed by atoms with Gasteiger partial charge in [-0.2, -0.15) is 10.2 Å². The number of hydrogen-bond acceptors (Lipinski definition) is 9. The number of halogens is 2. The molecule has 12 heteroatoms. The number of piperazine rings is 1. The van der Waals surface area contributed by atoms with E-state index in [0.29, 0.717) is 50.9 Å². The fourth-order valence-corrected chi connectivity index (χ4v) is 7.49. The van der Waals surface area contributed by atoms with Gasteiger partial charge in [-0.15, -0.1) is 0 Å². The minimum atomic E-state index is -1.02. The minimum absolute atomic E-state index is 0.0271. The molecule has 2 saturated heterocycles. The number of aromatic nitrogens is 2. The molecule has 10 nitrogen and oxygen atoms in total. The maximum absolute atomic E-state index is 15.0. The number of rotatable bonds is 7. The summed E-state index contributed by atoms with van der Waals surface area (Å²) in [5.41, 5.74) is 4.51. The molecule has 3 atom stereocenters. The van der Waals surface area contributed by atoms with E-state index < -0.39 is 12.3 Å². The molecule has 0 bridgehead atoms. The average molecular weight is 657 g/mol. The highest BCUT2D eigenvalue weighted by molar-refractivity contribution is 5.69. The van der Waals surface area contributed by atoms with Gasteiger partial charge in [0.15, 0.2) is 0 Å². The number of nitrogens with zero attached hydrogens (tertiary/aromatic N) is 8. The Labute approximate surface area is 280 Å². The van der Waals surface area contributed by atoms with E-state index in [1.165, 1.54) is 12.1 Å². The van der Waals surface area contributed by atoms with Crippen LogP contribution in [0.4, 0.5) is 31.0 Å². The van der Waals surface area contributed by atoms with Crippen LogP contribution in [-0.2, 0) is 30.6 Å². The third-order valence-corrected chi connectivity index (χ3v) is 10.3. The lowest BCUT2D eigenvalue weighted by Gasteiger charge is -2.45. The number of carbonyl (C=O) groups is 1. The second-order valence-corrected chi connectivity index (χ2v) is 13.6. The van der Waals surface area contributed by atoms with Crippen LogP contribution in [0.5, 0.6) is 0 Å². The molecule has 3 aromatic rings. The smallest absolute Gasteiger partial charge is 0.410 e. The van der Waals surface area contributed by atoms with E-state index in [4.69, 9.17) is 14.7 Å². The maximum atomic E-state index is 15.0. The second-order valence-electron chi connectivity index (χ2n) is 13.6. The second kappa shape index (κ2) is 13.5. The van der Waals surface area contributed by atoms with Crippen LogP contribution in [-0.4, -0.2) is 104 Å². The van der Waals surface area contributed by atoms with Crippen molar-refractivity contribution in [3.05, 3.63) is 76.7 Å². The first-order chi connectivity index (χ1) is 23.3. The highest BCUT2D eigenvalue weighted by atomic mass is 19.1. The highest BCUT2D eigenvalue weighted by Gasteiger charge is 2.38. The zero-order valence-electron chi connectivity index (χ0n) is 27.6. The molecular formula is C36H42F2N8O2. The van der Waals surface area contributed by atoms with Gasteiger partial charge in [0.05, 0.1) is 24.2 Å². The molecule has 0 spiro atoms. The predicted octanol–water partition coefficient (Wildman–Crippen LogP) is 4.37. The monoisotopic (exact) mass is 656 g/mol. The zero-order chi connectivity index (χ0) is 33.4. The Morgan fingerprint density at radius 2 is 1.85 bits per heavy atom. The van der Waals surface area contributed by atoms with Crippen molar-refractivity contribution in [1.29, 1.82) is 5.26 Å². The molecule has 48 heavy (non-hydrogen) atoms.